The quantitative estimate of drug-likeness (QED) is 0.676. The van der Waals surface area contributed by atoms with Crippen LogP contribution in [0, 0.1) is 17.7 Å². The summed E-state index contributed by atoms with van der Waals surface area (Å²) in [5, 5.41) is 2.96. The summed E-state index contributed by atoms with van der Waals surface area (Å²) in [7, 11) is 3.14. The van der Waals surface area contributed by atoms with E-state index in [9.17, 15) is 14.0 Å². The molecule has 2 aromatic carbocycles. The molecule has 1 fully saturated rings. The van der Waals surface area contributed by atoms with Crippen LogP contribution in [0.4, 0.5) is 4.39 Å². The topological polar surface area (TPSA) is 67.9 Å². The van der Waals surface area contributed by atoms with Crippen LogP contribution in [0.3, 0.4) is 0 Å². The van der Waals surface area contributed by atoms with Crippen LogP contribution in [0.2, 0.25) is 0 Å². The average Bonchev–Trinajstić information content (AvgIpc) is 3.23. The fraction of sp³-hybridized carbons (Fsp3) is 0.440. The smallest absolute Gasteiger partial charge is 0.225 e. The van der Waals surface area contributed by atoms with Gasteiger partial charge in [0.15, 0.2) is 11.5 Å². The molecular weight excluding hydrogens is 411 g/mol. The second-order valence-corrected chi connectivity index (χ2v) is 8.54. The molecule has 32 heavy (non-hydrogen) atoms. The molecule has 2 amide bonds. The number of amides is 2. The van der Waals surface area contributed by atoms with Gasteiger partial charge >= 0.3 is 0 Å². The number of benzene rings is 2. The number of hydrogen-bond acceptors (Lipinski definition) is 4. The number of rotatable bonds is 8. The van der Waals surface area contributed by atoms with Crippen molar-refractivity contribution < 1.29 is 23.5 Å². The highest BCUT2D eigenvalue weighted by Crippen LogP contribution is 2.42. The standard InChI is InChI=1S/C25H31FN2O4/c1-16(2)12-23(29)28-14-20(19-6-5-7-22(31-3)24(19)32-4)21(15-28)25(30)27-13-17-8-10-18(26)11-9-17/h5-11,16,20-21H,12-15H2,1-4H3,(H,27,30)/t20-,21-/m0/s1. The van der Waals surface area contributed by atoms with E-state index in [1.54, 1.807) is 31.3 Å². The molecule has 1 aliphatic heterocycles. The predicted molar refractivity (Wildman–Crippen MR) is 120 cm³/mol. The van der Waals surface area contributed by atoms with Gasteiger partial charge in [0.1, 0.15) is 5.82 Å². The molecule has 1 aliphatic rings. The van der Waals surface area contributed by atoms with Crippen molar-refractivity contribution in [2.75, 3.05) is 27.3 Å². The summed E-state index contributed by atoms with van der Waals surface area (Å²) < 4.78 is 24.2. The number of likely N-dealkylation sites (tertiary alicyclic amines) is 1. The van der Waals surface area contributed by atoms with Crippen LogP contribution in [-0.2, 0) is 16.1 Å². The van der Waals surface area contributed by atoms with Crippen molar-refractivity contribution in [3.8, 4) is 11.5 Å². The summed E-state index contributed by atoms with van der Waals surface area (Å²) in [6, 6.07) is 11.6. The fourth-order valence-electron chi connectivity index (χ4n) is 4.19. The van der Waals surface area contributed by atoms with Gasteiger partial charge in [-0.3, -0.25) is 9.59 Å². The number of methoxy groups -OCH3 is 2. The number of halogens is 1. The Hall–Kier alpha value is -3.09. The molecule has 6 nitrogen and oxygen atoms in total. The van der Waals surface area contributed by atoms with Crippen LogP contribution in [0.15, 0.2) is 42.5 Å². The molecule has 3 rings (SSSR count). The summed E-state index contributed by atoms with van der Waals surface area (Å²) in [4.78, 5) is 27.8. The van der Waals surface area contributed by atoms with E-state index in [2.05, 4.69) is 5.32 Å². The minimum atomic E-state index is -0.437. The highest BCUT2D eigenvalue weighted by molar-refractivity contribution is 5.83. The predicted octanol–water partition coefficient (Wildman–Crippen LogP) is 3.75. The van der Waals surface area contributed by atoms with E-state index in [4.69, 9.17) is 9.47 Å². The van der Waals surface area contributed by atoms with Gasteiger partial charge in [0, 0.05) is 37.5 Å². The Kier molecular flexibility index (Phi) is 7.72. The molecule has 0 spiro atoms. The molecule has 1 heterocycles. The number of para-hydroxylation sites is 1. The van der Waals surface area contributed by atoms with Gasteiger partial charge in [0.05, 0.1) is 20.1 Å². The molecule has 2 aromatic rings. The van der Waals surface area contributed by atoms with Crippen molar-refractivity contribution in [1.29, 1.82) is 0 Å². The molecule has 0 bridgehead atoms. The molecule has 2 atom stereocenters. The van der Waals surface area contributed by atoms with Crippen LogP contribution in [0.5, 0.6) is 11.5 Å². The van der Waals surface area contributed by atoms with E-state index in [1.165, 1.54) is 12.1 Å². The SMILES string of the molecule is COc1cccc([C@@H]2CN(C(=O)CC(C)C)C[C@@H]2C(=O)NCc2ccc(F)cc2)c1OC. The van der Waals surface area contributed by atoms with Crippen LogP contribution in [0.25, 0.3) is 0 Å². The van der Waals surface area contributed by atoms with Crippen LogP contribution < -0.4 is 14.8 Å². The molecule has 1 saturated heterocycles. The van der Waals surface area contributed by atoms with Gasteiger partial charge in [-0.1, -0.05) is 38.1 Å². The van der Waals surface area contributed by atoms with E-state index >= 15 is 0 Å². The Balaban J connectivity index is 1.85. The lowest BCUT2D eigenvalue weighted by molar-refractivity contribution is -0.131. The first-order valence-electron chi connectivity index (χ1n) is 10.8. The van der Waals surface area contributed by atoms with Crippen molar-refractivity contribution >= 4 is 11.8 Å². The molecule has 172 valence electrons. The normalized spacial score (nSPS) is 18.0. The number of nitrogens with one attached hydrogen (secondary N) is 1. The van der Waals surface area contributed by atoms with Crippen molar-refractivity contribution in [1.82, 2.24) is 10.2 Å². The fourth-order valence-corrected chi connectivity index (χ4v) is 4.19. The Morgan fingerprint density at radius 2 is 1.81 bits per heavy atom. The maximum Gasteiger partial charge on any atom is 0.225 e. The Morgan fingerprint density at radius 3 is 2.44 bits per heavy atom. The Bertz CT molecular complexity index is 945. The number of carbonyl (C=O) groups is 2. The maximum absolute atomic E-state index is 13.2. The molecule has 7 heteroatoms. The van der Waals surface area contributed by atoms with Gasteiger partial charge in [-0.15, -0.1) is 0 Å². The number of ether oxygens (including phenoxy) is 2. The lowest BCUT2D eigenvalue weighted by Crippen LogP contribution is -2.35. The van der Waals surface area contributed by atoms with Crippen molar-refractivity contribution in [2.24, 2.45) is 11.8 Å². The summed E-state index contributed by atoms with van der Waals surface area (Å²) in [6.07, 6.45) is 0.436. The Morgan fingerprint density at radius 1 is 1.09 bits per heavy atom. The number of hydrogen-bond donors (Lipinski definition) is 1. The maximum atomic E-state index is 13.2. The number of carbonyl (C=O) groups excluding carboxylic acids is 2. The van der Waals surface area contributed by atoms with Crippen LogP contribution >= 0.6 is 0 Å². The van der Waals surface area contributed by atoms with E-state index in [0.717, 1.165) is 11.1 Å². The minimum absolute atomic E-state index is 0.0423. The summed E-state index contributed by atoms with van der Waals surface area (Å²) in [5.74, 6) is 0.303. The first-order valence-corrected chi connectivity index (χ1v) is 10.8. The highest BCUT2D eigenvalue weighted by atomic mass is 19.1. The lowest BCUT2D eigenvalue weighted by Gasteiger charge is -2.21. The van der Waals surface area contributed by atoms with E-state index in [1.807, 2.05) is 32.0 Å². The molecule has 0 aliphatic carbocycles. The third-order valence-electron chi connectivity index (χ3n) is 5.81. The van der Waals surface area contributed by atoms with E-state index in [-0.39, 0.29) is 36.0 Å². The first-order chi connectivity index (χ1) is 15.3. The summed E-state index contributed by atoms with van der Waals surface area (Å²) >= 11 is 0. The van der Waals surface area contributed by atoms with Gasteiger partial charge in [0.2, 0.25) is 11.8 Å². The monoisotopic (exact) mass is 442 g/mol. The molecule has 0 unspecified atom stereocenters. The van der Waals surface area contributed by atoms with Crippen molar-refractivity contribution in [3.63, 3.8) is 0 Å². The van der Waals surface area contributed by atoms with Gasteiger partial charge < -0.3 is 19.7 Å². The Labute approximate surface area is 188 Å². The summed E-state index contributed by atoms with van der Waals surface area (Å²) in [6.45, 7) is 5.07. The molecule has 0 radical (unpaired) electrons. The highest BCUT2D eigenvalue weighted by Gasteiger charge is 2.41. The van der Waals surface area contributed by atoms with E-state index in [0.29, 0.717) is 31.0 Å². The molecule has 1 N–H and O–H groups in total. The van der Waals surface area contributed by atoms with Gasteiger partial charge in [-0.25, -0.2) is 4.39 Å². The molecule has 0 aromatic heterocycles. The van der Waals surface area contributed by atoms with Crippen LogP contribution in [0.1, 0.15) is 37.3 Å². The third kappa shape index (κ3) is 5.39. The van der Waals surface area contributed by atoms with E-state index < -0.39 is 5.92 Å². The second-order valence-electron chi connectivity index (χ2n) is 8.54. The largest absolute Gasteiger partial charge is 0.493 e. The number of nitrogens with zero attached hydrogens (tertiary/aromatic N) is 1. The molecular formula is C25H31FN2O4. The van der Waals surface area contributed by atoms with Gasteiger partial charge in [-0.05, 0) is 29.7 Å². The minimum Gasteiger partial charge on any atom is -0.493 e. The first kappa shape index (κ1) is 23.6. The summed E-state index contributed by atoms with van der Waals surface area (Å²) in [5.41, 5.74) is 1.65. The molecule has 0 saturated carbocycles. The zero-order valence-electron chi connectivity index (χ0n) is 19.1. The van der Waals surface area contributed by atoms with Crippen molar-refractivity contribution in [3.05, 3.63) is 59.4 Å². The zero-order valence-corrected chi connectivity index (χ0v) is 19.1. The van der Waals surface area contributed by atoms with Crippen LogP contribution in [-0.4, -0.2) is 44.0 Å². The second kappa shape index (κ2) is 10.5. The van der Waals surface area contributed by atoms with Gasteiger partial charge in [0.25, 0.3) is 0 Å². The lowest BCUT2D eigenvalue weighted by atomic mass is 9.87. The van der Waals surface area contributed by atoms with Gasteiger partial charge in [-0.2, -0.15) is 0 Å². The zero-order chi connectivity index (χ0) is 23.3. The third-order valence-corrected chi connectivity index (χ3v) is 5.81. The average molecular weight is 443 g/mol. The van der Waals surface area contributed by atoms with Crippen molar-refractivity contribution in [2.45, 2.75) is 32.7 Å².